The third kappa shape index (κ3) is 4.13. The standard InChI is InChI=1S/C9H11O2.3CH3.Sn/c1-10-8-11-7-9-5-3-2-4-6-9;;;;/h2-7H,8H2,1H3;3*1H3;. The molecule has 0 saturated carbocycles. The first kappa shape index (κ1) is 13.0. The average molecular weight is 315 g/mol. The van der Waals surface area contributed by atoms with E-state index in [1.54, 1.807) is 7.11 Å². The van der Waals surface area contributed by atoms with Crippen molar-refractivity contribution in [3.8, 4) is 0 Å². The van der Waals surface area contributed by atoms with Crippen molar-refractivity contribution in [2.45, 2.75) is 18.9 Å². The molecule has 0 saturated heterocycles. The Morgan fingerprint density at radius 2 is 1.73 bits per heavy atom. The van der Waals surface area contributed by atoms with Crippen LogP contribution in [-0.2, 0) is 9.47 Å². The fourth-order valence-corrected chi connectivity index (χ4v) is 6.63. The van der Waals surface area contributed by atoms with Crippen molar-refractivity contribution in [3.63, 3.8) is 0 Å². The summed E-state index contributed by atoms with van der Waals surface area (Å²) in [5, 5.41) is 0. The van der Waals surface area contributed by atoms with E-state index >= 15 is 0 Å². The van der Waals surface area contributed by atoms with E-state index in [0.717, 1.165) is 0 Å². The van der Waals surface area contributed by atoms with Crippen LogP contribution in [0.4, 0.5) is 0 Å². The molecule has 0 aliphatic heterocycles. The number of hydrogen-bond donors (Lipinski definition) is 0. The van der Waals surface area contributed by atoms with Crippen molar-refractivity contribution in [1.29, 1.82) is 0 Å². The normalized spacial score (nSPS) is 13.9. The van der Waals surface area contributed by atoms with Crippen molar-refractivity contribution >= 4 is 18.4 Å². The molecule has 1 rings (SSSR count). The first-order valence-electron chi connectivity index (χ1n) is 5.21. The summed E-state index contributed by atoms with van der Waals surface area (Å²) in [7, 11) is 1.67. The van der Waals surface area contributed by atoms with Gasteiger partial charge in [-0.1, -0.05) is 0 Å². The molecule has 1 aromatic carbocycles. The van der Waals surface area contributed by atoms with Crippen LogP contribution in [0, 0.1) is 0 Å². The molecule has 1 unspecified atom stereocenters. The second-order valence-corrected chi connectivity index (χ2v) is 19.7. The molecular formula is C12H20O2Sn. The predicted octanol–water partition coefficient (Wildman–Crippen LogP) is 3.23. The molecule has 0 N–H and O–H groups in total. The summed E-state index contributed by atoms with van der Waals surface area (Å²) in [6.07, 6.45) is 0. The van der Waals surface area contributed by atoms with Gasteiger partial charge in [-0.15, -0.1) is 0 Å². The van der Waals surface area contributed by atoms with Crippen LogP contribution in [0.5, 0.6) is 0 Å². The van der Waals surface area contributed by atoms with Gasteiger partial charge in [0.2, 0.25) is 0 Å². The molecule has 1 atom stereocenters. The number of benzene rings is 1. The first-order valence-corrected chi connectivity index (χ1v) is 15.4. The molecule has 0 aromatic heterocycles. The molecule has 0 fully saturated rings. The Morgan fingerprint density at radius 1 is 1.13 bits per heavy atom. The zero-order valence-electron chi connectivity index (χ0n) is 9.99. The summed E-state index contributed by atoms with van der Waals surface area (Å²) in [4.78, 5) is 7.13. The minimum absolute atomic E-state index is 0.278. The van der Waals surface area contributed by atoms with Gasteiger partial charge in [0.15, 0.2) is 0 Å². The van der Waals surface area contributed by atoms with Gasteiger partial charge >= 0.3 is 96.6 Å². The van der Waals surface area contributed by atoms with Crippen LogP contribution in [-0.4, -0.2) is 32.3 Å². The van der Waals surface area contributed by atoms with E-state index in [1.807, 2.05) is 6.07 Å². The van der Waals surface area contributed by atoms with E-state index in [0.29, 0.717) is 6.79 Å². The second-order valence-electron chi connectivity index (χ2n) is 4.73. The third-order valence-electron chi connectivity index (χ3n) is 2.24. The number of methoxy groups -OCH3 is 1. The van der Waals surface area contributed by atoms with E-state index in [1.165, 1.54) is 5.56 Å². The molecule has 0 heterocycles. The predicted molar refractivity (Wildman–Crippen MR) is 65.5 cm³/mol. The van der Waals surface area contributed by atoms with Crippen LogP contribution in [0.15, 0.2) is 30.3 Å². The van der Waals surface area contributed by atoms with Crippen LogP contribution in [0.1, 0.15) is 9.68 Å². The monoisotopic (exact) mass is 316 g/mol. The molecule has 0 aliphatic carbocycles. The number of hydrogen-bond acceptors (Lipinski definition) is 2. The van der Waals surface area contributed by atoms with Gasteiger partial charge in [0.05, 0.1) is 0 Å². The summed E-state index contributed by atoms with van der Waals surface area (Å²) in [6, 6.07) is 10.5. The quantitative estimate of drug-likeness (QED) is 0.613. The van der Waals surface area contributed by atoms with E-state index in [-0.39, 0.29) is 4.12 Å². The van der Waals surface area contributed by atoms with Crippen molar-refractivity contribution < 1.29 is 9.47 Å². The van der Waals surface area contributed by atoms with Gasteiger partial charge in [0, 0.05) is 0 Å². The molecule has 15 heavy (non-hydrogen) atoms. The number of ether oxygens (including phenoxy) is 2. The van der Waals surface area contributed by atoms with Crippen LogP contribution in [0.2, 0.25) is 14.8 Å². The fraction of sp³-hybridized carbons (Fsp3) is 0.500. The summed E-state index contributed by atoms with van der Waals surface area (Å²) in [5.74, 6) is 0. The Hall–Kier alpha value is -0.0613. The van der Waals surface area contributed by atoms with Crippen LogP contribution in [0.3, 0.4) is 0 Å². The van der Waals surface area contributed by atoms with Gasteiger partial charge in [0.25, 0.3) is 0 Å². The second kappa shape index (κ2) is 5.87. The molecule has 3 heteroatoms. The van der Waals surface area contributed by atoms with Crippen LogP contribution < -0.4 is 0 Å². The summed E-state index contributed by atoms with van der Waals surface area (Å²) in [5.41, 5.74) is 1.29. The molecule has 0 aliphatic rings. The van der Waals surface area contributed by atoms with Crippen LogP contribution >= 0.6 is 0 Å². The summed E-state index contributed by atoms with van der Waals surface area (Å²) in [6.45, 7) is 0.383. The summed E-state index contributed by atoms with van der Waals surface area (Å²) < 4.78 is 11.1. The third-order valence-corrected chi connectivity index (χ3v) is 8.16. The SMILES string of the molecule is COCO[CH](c1ccccc1)[Sn]([CH3])([CH3])[CH3]. The van der Waals surface area contributed by atoms with Gasteiger partial charge in [-0.3, -0.25) is 0 Å². The Labute approximate surface area is 96.5 Å². The van der Waals surface area contributed by atoms with E-state index < -0.39 is 18.4 Å². The van der Waals surface area contributed by atoms with Gasteiger partial charge < -0.3 is 0 Å². The Kier molecular flexibility index (Phi) is 5.09. The molecule has 0 spiro atoms. The molecule has 0 radical (unpaired) electrons. The van der Waals surface area contributed by atoms with Crippen molar-refractivity contribution in [3.05, 3.63) is 35.9 Å². The average Bonchev–Trinajstić information content (AvgIpc) is 2.18. The maximum absolute atomic E-state index is 5.81. The van der Waals surface area contributed by atoms with Gasteiger partial charge in [-0.25, -0.2) is 0 Å². The van der Waals surface area contributed by atoms with Gasteiger partial charge in [-0.05, 0) is 0 Å². The number of rotatable bonds is 5. The zero-order valence-corrected chi connectivity index (χ0v) is 12.8. The molecule has 0 amide bonds. The van der Waals surface area contributed by atoms with Crippen molar-refractivity contribution in [1.82, 2.24) is 0 Å². The molecule has 2 nitrogen and oxygen atoms in total. The van der Waals surface area contributed by atoms with Crippen molar-refractivity contribution in [2.24, 2.45) is 0 Å². The Morgan fingerprint density at radius 3 is 2.20 bits per heavy atom. The summed E-state index contributed by atoms with van der Waals surface area (Å²) >= 11 is -2.10. The zero-order chi connectivity index (χ0) is 11.3. The van der Waals surface area contributed by atoms with Gasteiger partial charge in [-0.2, -0.15) is 0 Å². The van der Waals surface area contributed by atoms with E-state index in [4.69, 9.17) is 9.47 Å². The minimum atomic E-state index is -2.10. The fourth-order valence-electron chi connectivity index (χ4n) is 1.61. The molecule has 84 valence electrons. The van der Waals surface area contributed by atoms with E-state index in [9.17, 15) is 0 Å². The Bertz CT molecular complexity index is 279. The maximum atomic E-state index is 5.81. The first-order chi connectivity index (χ1) is 7.05. The topological polar surface area (TPSA) is 18.5 Å². The van der Waals surface area contributed by atoms with Crippen LogP contribution in [0.25, 0.3) is 0 Å². The molecular weight excluding hydrogens is 295 g/mol. The van der Waals surface area contributed by atoms with Gasteiger partial charge in [0.1, 0.15) is 0 Å². The van der Waals surface area contributed by atoms with Crippen molar-refractivity contribution in [2.75, 3.05) is 13.9 Å². The molecule has 1 aromatic rings. The Balaban J connectivity index is 2.82. The molecule has 0 bridgehead atoms. The van der Waals surface area contributed by atoms with E-state index in [2.05, 4.69) is 39.1 Å².